The number of pyridine rings is 1. The molecule has 288 valence electrons. The normalized spacial score (nSPS) is 26.4. The number of carbonyl (C=O) groups is 1. The maximum Gasteiger partial charge on any atom is 0.418 e. The number of aromatic nitrogens is 3. The van der Waals surface area contributed by atoms with Gasteiger partial charge in [0.2, 0.25) is 5.91 Å². The van der Waals surface area contributed by atoms with Gasteiger partial charge in [0.25, 0.3) is 0 Å². The third-order valence-electron chi connectivity index (χ3n) is 11.2. The van der Waals surface area contributed by atoms with Gasteiger partial charge in [-0.15, -0.1) is 0 Å². The van der Waals surface area contributed by atoms with Crippen molar-refractivity contribution in [2.24, 2.45) is 5.92 Å². The predicted molar refractivity (Wildman–Crippen MR) is 187 cm³/mol. The van der Waals surface area contributed by atoms with Crippen LogP contribution in [0.25, 0.3) is 0 Å². The van der Waals surface area contributed by atoms with Crippen LogP contribution in [0.15, 0.2) is 6.07 Å². The summed E-state index contributed by atoms with van der Waals surface area (Å²) in [6, 6.07) is 1.14. The molecule has 0 radical (unpaired) electrons. The second-order valence-corrected chi connectivity index (χ2v) is 16.8. The number of hydrogen-bond donors (Lipinski definition) is 1. The van der Waals surface area contributed by atoms with E-state index in [9.17, 15) is 26.9 Å². The van der Waals surface area contributed by atoms with Crippen molar-refractivity contribution in [1.82, 2.24) is 24.8 Å². The molecule has 0 spiro atoms. The van der Waals surface area contributed by atoms with Crippen molar-refractivity contribution in [3.05, 3.63) is 34.1 Å². The fourth-order valence-corrected chi connectivity index (χ4v) is 10.3. The summed E-state index contributed by atoms with van der Waals surface area (Å²) in [7, 11) is -1.72. The van der Waals surface area contributed by atoms with Crippen LogP contribution < -0.4 is 15.4 Å². The second kappa shape index (κ2) is 15.0. The zero-order chi connectivity index (χ0) is 37.6. The number of nitrogens with two attached hydrogens (primary N) is 1. The van der Waals surface area contributed by atoms with Gasteiger partial charge in [-0.1, -0.05) is 6.92 Å². The van der Waals surface area contributed by atoms with Crippen LogP contribution in [0.2, 0.25) is 0 Å². The number of alkyl halides is 4. The summed E-state index contributed by atoms with van der Waals surface area (Å²) in [5, 5.41) is 0. The molecular formula is C35H50F4N7O5P. The molecule has 52 heavy (non-hydrogen) atoms. The highest BCUT2D eigenvalue weighted by atomic mass is 31.2. The molecule has 6 rings (SSSR count). The predicted octanol–water partition coefficient (Wildman–Crippen LogP) is 5.56. The lowest BCUT2D eigenvalue weighted by Crippen LogP contribution is -2.43. The van der Waals surface area contributed by atoms with Gasteiger partial charge in [-0.3, -0.25) is 14.3 Å². The number of halogens is 4. The van der Waals surface area contributed by atoms with Gasteiger partial charge in [-0.2, -0.15) is 23.1 Å². The molecule has 0 bridgehead atoms. The molecule has 4 aliphatic rings. The third-order valence-corrected chi connectivity index (χ3v) is 13.1. The molecule has 0 saturated carbocycles. The standard InChI is InChI=1S/C35H50F4N7O5P/c1-6-50-52(48,51-7-2)19-29(47)45-12-9-24(18-45)44(5)32-26-13-21(3)25(31-30(35(37,38)39)22(4)14-28(40)42-31)15-27(26)41-33(43-32)49-20-34-10-8-11-46(34)17-23(36)16-34/h14,21,23-25H,6-13,15-20H2,1-5H3,(H2,40,42)/t21-,23+,24+,25-,34-/m0/s1. The minimum Gasteiger partial charge on any atom is -0.461 e. The Morgan fingerprint density at radius 3 is 2.56 bits per heavy atom. The van der Waals surface area contributed by atoms with Crippen LogP contribution in [0, 0.1) is 12.8 Å². The number of carbonyl (C=O) groups excluding carboxylic acids is 1. The van der Waals surface area contributed by atoms with Crippen LogP contribution in [0.1, 0.15) is 80.5 Å². The number of hydrogen-bond acceptors (Lipinski definition) is 11. The average Bonchev–Trinajstić information content (AvgIpc) is 3.77. The number of ether oxygens (including phenoxy) is 1. The highest BCUT2D eigenvalue weighted by molar-refractivity contribution is 7.54. The van der Waals surface area contributed by atoms with E-state index in [1.807, 2.05) is 18.9 Å². The lowest BCUT2D eigenvalue weighted by atomic mass is 9.75. The van der Waals surface area contributed by atoms with Crippen molar-refractivity contribution in [3.8, 4) is 6.01 Å². The molecule has 3 aliphatic heterocycles. The maximum absolute atomic E-state index is 14.6. The average molecular weight is 756 g/mol. The van der Waals surface area contributed by atoms with E-state index in [2.05, 4.69) is 9.88 Å². The van der Waals surface area contributed by atoms with Gasteiger partial charge in [0, 0.05) is 50.6 Å². The van der Waals surface area contributed by atoms with Gasteiger partial charge in [0.15, 0.2) is 0 Å². The molecule has 0 unspecified atom stereocenters. The van der Waals surface area contributed by atoms with Crippen LogP contribution in [-0.4, -0.2) is 108 Å². The van der Waals surface area contributed by atoms with Gasteiger partial charge >= 0.3 is 19.8 Å². The number of nitrogen functional groups attached to an aromatic ring is 1. The lowest BCUT2D eigenvalue weighted by molar-refractivity contribution is -0.139. The third kappa shape index (κ3) is 7.76. The molecule has 0 aromatic carbocycles. The van der Waals surface area contributed by atoms with Crippen LogP contribution in [0.4, 0.5) is 29.2 Å². The van der Waals surface area contributed by atoms with Crippen molar-refractivity contribution < 1.29 is 40.7 Å². The van der Waals surface area contributed by atoms with Crippen LogP contribution in [0.5, 0.6) is 6.01 Å². The molecule has 5 atom stereocenters. The number of rotatable bonds is 12. The minimum absolute atomic E-state index is 0.0161. The Morgan fingerprint density at radius 2 is 1.87 bits per heavy atom. The van der Waals surface area contributed by atoms with E-state index in [0.717, 1.165) is 24.9 Å². The summed E-state index contributed by atoms with van der Waals surface area (Å²) in [6.07, 6.45) is -2.73. The summed E-state index contributed by atoms with van der Waals surface area (Å²) in [5.74, 6) is -0.650. The van der Waals surface area contributed by atoms with E-state index in [1.165, 1.54) is 13.0 Å². The molecule has 5 heterocycles. The van der Waals surface area contributed by atoms with E-state index in [4.69, 9.17) is 29.5 Å². The number of anilines is 2. The van der Waals surface area contributed by atoms with E-state index < -0.39 is 37.0 Å². The zero-order valence-corrected chi connectivity index (χ0v) is 31.4. The SMILES string of the molecule is CCOP(=O)(CC(=O)N1CC[C@@H](N(C)c2nc(OC[C@@]34CCCN3C[C@H](F)C4)nc3c2C[C@H](C)[C@@H](c2nc(N)cc(C)c2C(F)(F)F)C3)C1)OCC. The van der Waals surface area contributed by atoms with Crippen LogP contribution >= 0.6 is 7.60 Å². The van der Waals surface area contributed by atoms with E-state index in [1.54, 1.807) is 18.7 Å². The summed E-state index contributed by atoms with van der Waals surface area (Å²) in [6.45, 7) is 9.07. The van der Waals surface area contributed by atoms with Crippen molar-refractivity contribution in [2.45, 2.75) is 96.1 Å². The fraction of sp³-hybridized carbons (Fsp3) is 0.714. The van der Waals surface area contributed by atoms with E-state index in [-0.39, 0.29) is 73.4 Å². The highest BCUT2D eigenvalue weighted by Crippen LogP contribution is 2.49. The maximum atomic E-state index is 14.6. The number of likely N-dealkylation sites (tertiary alicyclic amines) is 1. The Labute approximate surface area is 302 Å². The molecule has 1 amide bonds. The molecule has 3 fully saturated rings. The quantitative estimate of drug-likeness (QED) is 0.216. The van der Waals surface area contributed by atoms with Gasteiger partial charge < -0.3 is 29.3 Å². The molecule has 3 saturated heterocycles. The molecule has 2 N–H and O–H groups in total. The number of nitrogens with zero attached hydrogens (tertiary/aromatic N) is 6. The highest BCUT2D eigenvalue weighted by Gasteiger charge is 2.50. The number of likely N-dealkylation sites (N-methyl/N-ethyl adjacent to an activating group) is 1. The Balaban J connectivity index is 1.31. The van der Waals surface area contributed by atoms with Crippen molar-refractivity contribution in [1.29, 1.82) is 0 Å². The first-order chi connectivity index (χ1) is 24.6. The topological polar surface area (TPSA) is 136 Å². The first-order valence-corrected chi connectivity index (χ1v) is 19.9. The van der Waals surface area contributed by atoms with Gasteiger partial charge in [0.1, 0.15) is 30.6 Å². The first kappa shape index (κ1) is 38.6. The number of amides is 1. The number of aryl methyl sites for hydroxylation is 1. The summed E-state index contributed by atoms with van der Waals surface area (Å²) in [5.41, 5.74) is 6.04. The monoisotopic (exact) mass is 755 g/mol. The zero-order valence-electron chi connectivity index (χ0n) is 30.5. The molecule has 12 nitrogen and oxygen atoms in total. The van der Waals surface area contributed by atoms with Crippen molar-refractivity contribution >= 4 is 25.1 Å². The molecule has 2 aromatic rings. The smallest absolute Gasteiger partial charge is 0.418 e. The van der Waals surface area contributed by atoms with Crippen LogP contribution in [-0.2, 0) is 37.4 Å². The Bertz CT molecular complexity index is 1690. The number of fused-ring (bicyclic) bond motifs is 2. The van der Waals surface area contributed by atoms with Gasteiger partial charge in [0.05, 0.1) is 35.7 Å². The van der Waals surface area contributed by atoms with Gasteiger partial charge in [-0.25, -0.2) is 9.37 Å². The first-order valence-electron chi connectivity index (χ1n) is 18.2. The van der Waals surface area contributed by atoms with Crippen LogP contribution in [0.3, 0.4) is 0 Å². The van der Waals surface area contributed by atoms with E-state index >= 15 is 0 Å². The lowest BCUT2D eigenvalue weighted by Gasteiger charge is -2.36. The molecule has 17 heteroatoms. The largest absolute Gasteiger partial charge is 0.461 e. The molecule has 2 aromatic heterocycles. The Kier molecular flexibility index (Phi) is 11.1. The second-order valence-electron chi connectivity index (χ2n) is 14.7. The van der Waals surface area contributed by atoms with Crippen molar-refractivity contribution in [3.63, 3.8) is 0 Å². The summed E-state index contributed by atoms with van der Waals surface area (Å²) in [4.78, 5) is 33.0. The molecule has 1 aliphatic carbocycles. The fourth-order valence-electron chi connectivity index (χ4n) is 8.72. The minimum atomic E-state index is -4.63. The Hall–Kier alpha value is -3.07. The Morgan fingerprint density at radius 1 is 1.13 bits per heavy atom. The van der Waals surface area contributed by atoms with Gasteiger partial charge in [-0.05, 0) is 77.0 Å². The summed E-state index contributed by atoms with van der Waals surface area (Å²) < 4.78 is 88.0. The van der Waals surface area contributed by atoms with Crippen molar-refractivity contribution in [2.75, 3.05) is 69.8 Å². The van der Waals surface area contributed by atoms with E-state index in [0.29, 0.717) is 50.4 Å². The summed E-state index contributed by atoms with van der Waals surface area (Å²) >= 11 is 0. The molecular weight excluding hydrogens is 705 g/mol.